The van der Waals surface area contributed by atoms with E-state index in [0.29, 0.717) is 13.2 Å². The number of hydrogen-bond donors (Lipinski definition) is 1. The van der Waals surface area contributed by atoms with E-state index in [9.17, 15) is 5.11 Å². The van der Waals surface area contributed by atoms with Crippen LogP contribution in [0, 0.1) is 0 Å². The van der Waals surface area contributed by atoms with E-state index in [4.69, 9.17) is 14.2 Å². The molecule has 0 unspecified atom stereocenters. The van der Waals surface area contributed by atoms with Gasteiger partial charge in [-0.2, -0.15) is 0 Å². The minimum Gasteiger partial charge on any atom is -0.490 e. The molecule has 0 bridgehead atoms. The smallest absolute Gasteiger partial charge is 0.161 e. The number of fused-ring (bicyclic) bond motifs is 1. The molecule has 4 nitrogen and oxygen atoms in total. The molecule has 0 radical (unpaired) electrons. The molecule has 1 heterocycles. The minimum absolute atomic E-state index is 0.274. The van der Waals surface area contributed by atoms with Crippen LogP contribution < -0.4 is 9.47 Å². The second-order valence-corrected chi connectivity index (χ2v) is 5.68. The molecule has 0 amide bonds. The van der Waals surface area contributed by atoms with Crippen molar-refractivity contribution in [1.82, 2.24) is 0 Å². The molecule has 0 spiro atoms. The third-order valence-electron chi connectivity index (χ3n) is 4.38. The molecule has 3 rings (SSSR count). The number of methoxy groups -OCH3 is 1. The van der Waals surface area contributed by atoms with E-state index >= 15 is 0 Å². The summed E-state index contributed by atoms with van der Waals surface area (Å²) in [5, 5.41) is 10.9. The summed E-state index contributed by atoms with van der Waals surface area (Å²) in [6, 6.07) is 5.81. The lowest BCUT2D eigenvalue weighted by Crippen LogP contribution is -2.34. The van der Waals surface area contributed by atoms with E-state index in [1.54, 1.807) is 7.11 Å². The molecule has 1 aliphatic heterocycles. The third-order valence-corrected chi connectivity index (χ3v) is 4.38. The Hall–Kier alpha value is -1.26. The van der Waals surface area contributed by atoms with Crippen molar-refractivity contribution in [3.8, 4) is 11.5 Å². The lowest BCUT2D eigenvalue weighted by atomic mass is 9.78. The Morgan fingerprint density at radius 1 is 1.15 bits per heavy atom. The fourth-order valence-electron chi connectivity index (χ4n) is 3.05. The predicted octanol–water partition coefficient (Wildman–Crippen LogP) is 2.62. The maximum Gasteiger partial charge on any atom is 0.161 e. The van der Waals surface area contributed by atoms with Crippen LogP contribution in [0.25, 0.3) is 0 Å². The monoisotopic (exact) mass is 278 g/mol. The molecule has 1 fully saturated rings. The molecule has 20 heavy (non-hydrogen) atoms. The lowest BCUT2D eigenvalue weighted by Gasteiger charge is -2.36. The van der Waals surface area contributed by atoms with Gasteiger partial charge in [0.2, 0.25) is 0 Å². The number of hydrogen-bond acceptors (Lipinski definition) is 4. The highest BCUT2D eigenvalue weighted by molar-refractivity contribution is 5.45. The average molecular weight is 278 g/mol. The molecule has 1 N–H and O–H groups in total. The van der Waals surface area contributed by atoms with Gasteiger partial charge >= 0.3 is 0 Å². The predicted molar refractivity (Wildman–Crippen MR) is 75.2 cm³/mol. The summed E-state index contributed by atoms with van der Waals surface area (Å²) >= 11 is 0. The second kappa shape index (κ2) is 5.62. The van der Waals surface area contributed by atoms with Crippen LogP contribution in [0.15, 0.2) is 18.2 Å². The summed E-state index contributed by atoms with van der Waals surface area (Å²) in [5.41, 5.74) is 0.163. The van der Waals surface area contributed by atoms with Gasteiger partial charge < -0.3 is 19.3 Å². The maximum absolute atomic E-state index is 10.9. The lowest BCUT2D eigenvalue weighted by molar-refractivity contribution is -0.0475. The molecule has 2 aliphatic rings. The van der Waals surface area contributed by atoms with Gasteiger partial charge in [-0.05, 0) is 43.4 Å². The van der Waals surface area contributed by atoms with Crippen molar-refractivity contribution < 1.29 is 19.3 Å². The van der Waals surface area contributed by atoms with Gasteiger partial charge in [0.1, 0.15) is 0 Å². The summed E-state index contributed by atoms with van der Waals surface area (Å²) in [6.45, 7) is 1.35. The summed E-state index contributed by atoms with van der Waals surface area (Å²) in [7, 11) is 1.74. The third kappa shape index (κ3) is 2.63. The highest BCUT2D eigenvalue weighted by atomic mass is 16.5. The molecular formula is C16H22O4. The van der Waals surface area contributed by atoms with Crippen LogP contribution >= 0.6 is 0 Å². The van der Waals surface area contributed by atoms with Gasteiger partial charge in [0, 0.05) is 13.5 Å². The van der Waals surface area contributed by atoms with Gasteiger partial charge in [0.15, 0.2) is 11.5 Å². The van der Waals surface area contributed by atoms with Crippen LogP contribution in [0.2, 0.25) is 0 Å². The quantitative estimate of drug-likeness (QED) is 0.903. The largest absolute Gasteiger partial charge is 0.490 e. The van der Waals surface area contributed by atoms with E-state index in [-0.39, 0.29) is 6.10 Å². The molecule has 0 aromatic heterocycles. The zero-order valence-electron chi connectivity index (χ0n) is 11.9. The Bertz CT molecular complexity index is 464. The summed E-state index contributed by atoms with van der Waals surface area (Å²) in [4.78, 5) is 0. The van der Waals surface area contributed by atoms with Crippen molar-refractivity contribution in [2.24, 2.45) is 0 Å². The van der Waals surface area contributed by atoms with Gasteiger partial charge in [-0.3, -0.25) is 0 Å². The van der Waals surface area contributed by atoms with Crippen molar-refractivity contribution in [2.45, 2.75) is 43.8 Å². The van der Waals surface area contributed by atoms with Crippen LogP contribution in [0.3, 0.4) is 0 Å². The average Bonchev–Trinajstić information content (AvgIpc) is 2.72. The first-order valence-corrected chi connectivity index (χ1v) is 7.36. The van der Waals surface area contributed by atoms with E-state index in [1.165, 1.54) is 0 Å². The van der Waals surface area contributed by atoms with Crippen LogP contribution in [0.4, 0.5) is 0 Å². The van der Waals surface area contributed by atoms with Gasteiger partial charge in [-0.15, -0.1) is 0 Å². The Balaban J connectivity index is 1.81. The van der Waals surface area contributed by atoms with E-state index in [2.05, 4.69) is 0 Å². The van der Waals surface area contributed by atoms with Crippen LogP contribution in [-0.2, 0) is 10.3 Å². The van der Waals surface area contributed by atoms with Gasteiger partial charge in [0.25, 0.3) is 0 Å². The standard InChI is InChI=1S/C16H22O4/c1-18-13-5-7-16(17,8-6-13)12-3-4-14-15(11-12)20-10-2-9-19-14/h3-4,11,13,17H,2,5-10H2,1H3. The molecule has 0 saturated heterocycles. The summed E-state index contributed by atoms with van der Waals surface area (Å²) < 4.78 is 16.7. The normalized spacial score (nSPS) is 29.8. The molecule has 110 valence electrons. The van der Waals surface area contributed by atoms with Crippen molar-refractivity contribution in [1.29, 1.82) is 0 Å². The van der Waals surface area contributed by atoms with Crippen molar-refractivity contribution in [3.63, 3.8) is 0 Å². The maximum atomic E-state index is 10.9. The first kappa shape index (κ1) is 13.7. The molecule has 0 atom stereocenters. The summed E-state index contributed by atoms with van der Waals surface area (Å²) in [5.74, 6) is 1.53. The van der Waals surface area contributed by atoms with E-state index in [1.807, 2.05) is 18.2 Å². The van der Waals surface area contributed by atoms with E-state index in [0.717, 1.165) is 49.2 Å². The van der Waals surface area contributed by atoms with Crippen LogP contribution in [0.5, 0.6) is 11.5 Å². The first-order chi connectivity index (χ1) is 9.71. The molecule has 1 aliphatic carbocycles. The topological polar surface area (TPSA) is 47.9 Å². The zero-order valence-corrected chi connectivity index (χ0v) is 11.9. The number of aliphatic hydroxyl groups is 1. The van der Waals surface area contributed by atoms with E-state index < -0.39 is 5.60 Å². The minimum atomic E-state index is -0.764. The van der Waals surface area contributed by atoms with Crippen molar-refractivity contribution in [3.05, 3.63) is 23.8 Å². The zero-order chi connectivity index (χ0) is 14.0. The Labute approximate surface area is 119 Å². The molecular weight excluding hydrogens is 256 g/mol. The Morgan fingerprint density at radius 3 is 2.55 bits per heavy atom. The van der Waals surface area contributed by atoms with Gasteiger partial charge in [-0.1, -0.05) is 6.07 Å². The van der Waals surface area contributed by atoms with Gasteiger partial charge in [0.05, 0.1) is 24.9 Å². The first-order valence-electron chi connectivity index (χ1n) is 7.36. The molecule has 1 aromatic carbocycles. The highest BCUT2D eigenvalue weighted by Crippen LogP contribution is 2.41. The molecule has 4 heteroatoms. The Morgan fingerprint density at radius 2 is 1.85 bits per heavy atom. The number of benzene rings is 1. The van der Waals surface area contributed by atoms with Crippen LogP contribution in [-0.4, -0.2) is 31.5 Å². The number of rotatable bonds is 2. The van der Waals surface area contributed by atoms with Crippen LogP contribution in [0.1, 0.15) is 37.7 Å². The fraction of sp³-hybridized carbons (Fsp3) is 0.625. The van der Waals surface area contributed by atoms with Crippen molar-refractivity contribution in [2.75, 3.05) is 20.3 Å². The summed E-state index contributed by atoms with van der Waals surface area (Å²) in [6.07, 6.45) is 4.40. The fourth-order valence-corrected chi connectivity index (χ4v) is 3.05. The van der Waals surface area contributed by atoms with Gasteiger partial charge in [-0.25, -0.2) is 0 Å². The highest BCUT2D eigenvalue weighted by Gasteiger charge is 2.35. The second-order valence-electron chi connectivity index (χ2n) is 5.68. The SMILES string of the molecule is COC1CCC(O)(c2ccc3c(c2)OCCCO3)CC1. The number of ether oxygens (including phenoxy) is 3. The molecule has 1 saturated carbocycles. The van der Waals surface area contributed by atoms with Crippen molar-refractivity contribution >= 4 is 0 Å². The molecule has 1 aromatic rings. The Kier molecular flexibility index (Phi) is 3.85.